The highest BCUT2D eigenvalue weighted by atomic mass is 16.3. The van der Waals surface area contributed by atoms with Crippen LogP contribution >= 0.6 is 0 Å². The Labute approximate surface area is 88.6 Å². The van der Waals surface area contributed by atoms with Gasteiger partial charge in [-0.1, -0.05) is 24.3 Å². The molecule has 2 nitrogen and oxygen atoms in total. The Balaban J connectivity index is 1.99. The fraction of sp³-hybridized carbons (Fsp3) is 0.538. The molecule has 78 valence electrons. The van der Waals surface area contributed by atoms with Gasteiger partial charge in [-0.3, -0.25) is 0 Å². The summed E-state index contributed by atoms with van der Waals surface area (Å²) in [4.78, 5) is 0. The molecule has 1 aromatic carbocycles. The molecule has 2 saturated carbocycles. The van der Waals surface area contributed by atoms with Crippen molar-refractivity contribution in [2.45, 2.75) is 36.9 Å². The molecule has 4 rings (SSSR count). The van der Waals surface area contributed by atoms with Crippen LogP contribution in [0, 0.1) is 5.41 Å². The Bertz CT molecular complexity index is 399. The summed E-state index contributed by atoms with van der Waals surface area (Å²) < 4.78 is 0. The van der Waals surface area contributed by atoms with Gasteiger partial charge in [0.2, 0.25) is 0 Å². The summed E-state index contributed by atoms with van der Waals surface area (Å²) in [7, 11) is 0. The zero-order valence-electron chi connectivity index (χ0n) is 8.43. The third-order valence-corrected chi connectivity index (χ3v) is 4.77. The van der Waals surface area contributed by atoms with Crippen molar-refractivity contribution in [3.05, 3.63) is 35.4 Å². The van der Waals surface area contributed by atoms with E-state index in [2.05, 4.69) is 12.1 Å². The highest BCUT2D eigenvalue weighted by Gasteiger charge is 2.70. The van der Waals surface area contributed by atoms with Crippen LogP contribution in [0.4, 0.5) is 0 Å². The number of aliphatic hydroxyl groups is 2. The van der Waals surface area contributed by atoms with Crippen molar-refractivity contribution in [3.8, 4) is 0 Å². The van der Waals surface area contributed by atoms with E-state index in [1.54, 1.807) is 0 Å². The molecule has 1 spiro atoms. The van der Waals surface area contributed by atoms with Crippen molar-refractivity contribution in [1.29, 1.82) is 0 Å². The summed E-state index contributed by atoms with van der Waals surface area (Å²) in [5.41, 5.74) is 2.80. The third kappa shape index (κ3) is 0.734. The lowest BCUT2D eigenvalue weighted by molar-refractivity contribution is 0.0217. The van der Waals surface area contributed by atoms with Gasteiger partial charge < -0.3 is 10.2 Å². The van der Waals surface area contributed by atoms with Gasteiger partial charge in [0, 0.05) is 11.8 Å². The number of benzene rings is 1. The van der Waals surface area contributed by atoms with Gasteiger partial charge in [-0.05, 0) is 29.4 Å². The Morgan fingerprint density at radius 3 is 1.80 bits per heavy atom. The molecule has 3 aliphatic rings. The molecule has 2 bridgehead atoms. The second-order valence-corrected chi connectivity index (χ2v) is 5.30. The number of hydrogen-bond donors (Lipinski definition) is 2. The van der Waals surface area contributed by atoms with Crippen molar-refractivity contribution in [2.24, 2.45) is 5.41 Å². The quantitative estimate of drug-likeness (QED) is 0.667. The van der Waals surface area contributed by atoms with E-state index in [9.17, 15) is 10.2 Å². The lowest BCUT2D eigenvalue weighted by Gasteiger charge is -2.24. The first-order chi connectivity index (χ1) is 7.26. The Morgan fingerprint density at radius 1 is 0.933 bits per heavy atom. The maximum Gasteiger partial charge on any atom is 0.0879 e. The summed E-state index contributed by atoms with van der Waals surface area (Å²) in [6.07, 6.45) is 1.27. The van der Waals surface area contributed by atoms with Crippen LogP contribution in [0.25, 0.3) is 0 Å². The van der Waals surface area contributed by atoms with Crippen LogP contribution in [0.5, 0.6) is 0 Å². The smallest absolute Gasteiger partial charge is 0.0879 e. The molecule has 3 aliphatic carbocycles. The molecule has 1 aromatic rings. The molecule has 1 unspecified atom stereocenters. The van der Waals surface area contributed by atoms with E-state index >= 15 is 0 Å². The zero-order chi connectivity index (χ0) is 10.2. The standard InChI is InChI=1S/C13H14O2/c14-11-9-7-3-1-2-4-8(7)10(12(11)15)13(9)5-6-13/h1-4,9-12,14-15H,5-6H2/t9-,10?,11+,12-/m1/s1. The first kappa shape index (κ1) is 8.31. The molecule has 2 N–H and O–H groups in total. The number of aliphatic hydroxyl groups excluding tert-OH is 2. The zero-order valence-corrected chi connectivity index (χ0v) is 8.43. The van der Waals surface area contributed by atoms with Gasteiger partial charge in [0.05, 0.1) is 12.2 Å². The Hall–Kier alpha value is -0.860. The second kappa shape index (κ2) is 2.28. The van der Waals surface area contributed by atoms with E-state index in [1.807, 2.05) is 12.1 Å². The minimum atomic E-state index is -0.535. The van der Waals surface area contributed by atoms with Crippen LogP contribution in [-0.4, -0.2) is 22.4 Å². The average molecular weight is 202 g/mol. The average Bonchev–Trinajstić information content (AvgIpc) is 2.91. The van der Waals surface area contributed by atoms with Crippen LogP contribution in [0.1, 0.15) is 35.8 Å². The summed E-state index contributed by atoms with van der Waals surface area (Å²) >= 11 is 0. The molecular weight excluding hydrogens is 188 g/mol. The Kier molecular flexibility index (Phi) is 1.26. The normalized spacial score (nSPS) is 43.3. The maximum absolute atomic E-state index is 10.1. The fourth-order valence-corrected chi connectivity index (χ4v) is 4.10. The molecule has 0 aromatic heterocycles. The first-order valence-electron chi connectivity index (χ1n) is 5.71. The van der Waals surface area contributed by atoms with Crippen molar-refractivity contribution < 1.29 is 10.2 Å². The topological polar surface area (TPSA) is 40.5 Å². The van der Waals surface area contributed by atoms with Crippen molar-refractivity contribution in [1.82, 2.24) is 0 Å². The van der Waals surface area contributed by atoms with Crippen LogP contribution < -0.4 is 0 Å². The van der Waals surface area contributed by atoms with Crippen LogP contribution in [0.2, 0.25) is 0 Å². The van der Waals surface area contributed by atoms with Gasteiger partial charge in [0.25, 0.3) is 0 Å². The number of hydrogen-bond acceptors (Lipinski definition) is 2. The Morgan fingerprint density at radius 2 is 1.40 bits per heavy atom. The molecule has 0 saturated heterocycles. The minimum absolute atomic E-state index is 0.202. The van der Waals surface area contributed by atoms with Gasteiger partial charge in [-0.15, -0.1) is 0 Å². The molecule has 0 amide bonds. The number of rotatable bonds is 0. The van der Waals surface area contributed by atoms with E-state index in [0.717, 1.165) is 0 Å². The third-order valence-electron chi connectivity index (χ3n) is 4.77. The van der Waals surface area contributed by atoms with Gasteiger partial charge in [0.15, 0.2) is 0 Å². The van der Waals surface area contributed by atoms with Gasteiger partial charge >= 0.3 is 0 Å². The first-order valence-corrected chi connectivity index (χ1v) is 5.71. The highest BCUT2D eigenvalue weighted by Crippen LogP contribution is 2.75. The van der Waals surface area contributed by atoms with Gasteiger partial charge in [-0.2, -0.15) is 0 Å². The van der Waals surface area contributed by atoms with Crippen LogP contribution in [0.15, 0.2) is 24.3 Å². The number of fused-ring (bicyclic) bond motifs is 3. The molecule has 0 aliphatic heterocycles. The van der Waals surface area contributed by atoms with E-state index in [1.165, 1.54) is 24.0 Å². The van der Waals surface area contributed by atoms with Gasteiger partial charge in [0.1, 0.15) is 0 Å². The minimum Gasteiger partial charge on any atom is -0.390 e. The van der Waals surface area contributed by atoms with E-state index in [4.69, 9.17) is 0 Å². The predicted molar refractivity (Wildman–Crippen MR) is 55.6 cm³/mol. The molecular formula is C13H14O2. The molecule has 4 atom stereocenters. The monoisotopic (exact) mass is 202 g/mol. The molecule has 2 heteroatoms. The second-order valence-electron chi connectivity index (χ2n) is 5.30. The summed E-state index contributed by atoms with van der Waals surface area (Å²) in [5.74, 6) is 0.405. The SMILES string of the molecule is O[C@@H]1[C@H](O)C2c3ccccc3[C@H]1C21CC1. The van der Waals surface area contributed by atoms with Crippen molar-refractivity contribution in [3.63, 3.8) is 0 Å². The summed E-state index contributed by atoms with van der Waals surface area (Å²) in [6.45, 7) is 0. The highest BCUT2D eigenvalue weighted by molar-refractivity contribution is 5.51. The largest absolute Gasteiger partial charge is 0.390 e. The lowest BCUT2D eigenvalue weighted by Crippen LogP contribution is -2.30. The molecule has 2 fully saturated rings. The molecule has 0 heterocycles. The predicted octanol–water partition coefficient (Wildman–Crippen LogP) is 1.38. The van der Waals surface area contributed by atoms with Crippen LogP contribution in [-0.2, 0) is 0 Å². The summed E-state index contributed by atoms with van der Waals surface area (Å²) in [6, 6.07) is 8.31. The van der Waals surface area contributed by atoms with E-state index in [0.29, 0.717) is 0 Å². The van der Waals surface area contributed by atoms with E-state index in [-0.39, 0.29) is 17.3 Å². The van der Waals surface area contributed by atoms with Crippen LogP contribution in [0.3, 0.4) is 0 Å². The van der Waals surface area contributed by atoms with E-state index < -0.39 is 12.2 Å². The lowest BCUT2D eigenvalue weighted by atomic mass is 9.88. The fourth-order valence-electron chi connectivity index (χ4n) is 4.10. The summed E-state index contributed by atoms with van der Waals surface area (Å²) in [5, 5.41) is 20.1. The van der Waals surface area contributed by atoms with Crippen molar-refractivity contribution >= 4 is 0 Å². The molecule has 0 radical (unpaired) electrons. The van der Waals surface area contributed by atoms with Gasteiger partial charge in [-0.25, -0.2) is 0 Å². The molecule has 15 heavy (non-hydrogen) atoms. The van der Waals surface area contributed by atoms with Crippen molar-refractivity contribution in [2.75, 3.05) is 0 Å². The maximum atomic E-state index is 10.1.